The molecule has 1 aliphatic heterocycles. The van der Waals surface area contributed by atoms with Crippen molar-refractivity contribution in [2.24, 2.45) is 0 Å². The fourth-order valence-corrected chi connectivity index (χ4v) is 5.64. The Hall–Kier alpha value is -2.20. The number of benzene rings is 2. The van der Waals surface area contributed by atoms with E-state index in [9.17, 15) is 8.42 Å². The highest BCUT2D eigenvalue weighted by atomic mass is 35.5. The maximum Gasteiger partial charge on any atom is 0.247 e. The Labute approximate surface area is 188 Å². The van der Waals surface area contributed by atoms with E-state index >= 15 is 0 Å². The number of quaternary nitrogens is 1. The van der Waals surface area contributed by atoms with Gasteiger partial charge in [-0.05, 0) is 30.3 Å². The highest BCUT2D eigenvalue weighted by molar-refractivity contribution is 7.89. The van der Waals surface area contributed by atoms with Crippen molar-refractivity contribution < 1.29 is 32.3 Å². The third kappa shape index (κ3) is 4.85. The lowest BCUT2D eigenvalue weighted by atomic mass is 10.1. The second kappa shape index (κ2) is 9.95. The summed E-state index contributed by atoms with van der Waals surface area (Å²) in [6.45, 7) is 2.77. The van der Waals surface area contributed by atoms with Crippen molar-refractivity contribution in [3.05, 3.63) is 40.9 Å². The average Bonchev–Trinajstić information content (AvgIpc) is 2.78. The van der Waals surface area contributed by atoms with Gasteiger partial charge in [-0.25, -0.2) is 8.42 Å². The Morgan fingerprint density at radius 2 is 1.52 bits per heavy atom. The lowest BCUT2D eigenvalue weighted by Gasteiger charge is -2.32. The molecule has 0 bridgehead atoms. The van der Waals surface area contributed by atoms with Crippen LogP contribution in [0.2, 0.25) is 5.02 Å². The molecular formula is C21H28ClN2O6S+. The van der Waals surface area contributed by atoms with Gasteiger partial charge in [0.1, 0.15) is 17.2 Å². The molecule has 1 heterocycles. The maximum absolute atomic E-state index is 13.2. The van der Waals surface area contributed by atoms with Gasteiger partial charge in [-0.2, -0.15) is 4.31 Å². The first-order valence-corrected chi connectivity index (χ1v) is 11.6. The van der Waals surface area contributed by atoms with E-state index in [1.54, 1.807) is 33.5 Å². The molecule has 0 unspecified atom stereocenters. The molecule has 2 aromatic carbocycles. The van der Waals surface area contributed by atoms with Crippen LogP contribution in [0.5, 0.6) is 23.0 Å². The molecule has 2 aromatic rings. The van der Waals surface area contributed by atoms with Crippen LogP contribution in [-0.2, 0) is 16.6 Å². The van der Waals surface area contributed by atoms with Crippen molar-refractivity contribution in [3.63, 3.8) is 0 Å². The van der Waals surface area contributed by atoms with Gasteiger partial charge in [-0.1, -0.05) is 11.6 Å². The molecule has 1 fully saturated rings. The van der Waals surface area contributed by atoms with Gasteiger partial charge in [0.05, 0.1) is 60.2 Å². The summed E-state index contributed by atoms with van der Waals surface area (Å²) in [6, 6.07) is 8.41. The van der Waals surface area contributed by atoms with Crippen LogP contribution >= 0.6 is 11.6 Å². The van der Waals surface area contributed by atoms with Gasteiger partial charge in [0, 0.05) is 5.02 Å². The summed E-state index contributed by atoms with van der Waals surface area (Å²) in [5.41, 5.74) is 0.975. The number of piperazine rings is 1. The Morgan fingerprint density at radius 3 is 2.10 bits per heavy atom. The van der Waals surface area contributed by atoms with Crippen LogP contribution < -0.4 is 23.8 Å². The van der Waals surface area contributed by atoms with Crippen molar-refractivity contribution in [3.8, 4) is 23.0 Å². The van der Waals surface area contributed by atoms with E-state index in [0.29, 0.717) is 55.0 Å². The second-order valence-electron chi connectivity index (χ2n) is 7.12. The Morgan fingerprint density at radius 1 is 0.903 bits per heavy atom. The van der Waals surface area contributed by atoms with Gasteiger partial charge in [0.25, 0.3) is 0 Å². The Balaban J connectivity index is 1.74. The standard InChI is InChI=1S/C21H27ClN2O6S/c1-27-17-8-6-16(22)13-19(17)31(25,26)24-11-9-23(10-12-24)14-15-5-7-18(28-2)21(30-4)20(15)29-3/h5-8,13H,9-12,14H2,1-4H3/p+1. The monoisotopic (exact) mass is 471 g/mol. The second-order valence-corrected chi connectivity index (χ2v) is 9.46. The van der Waals surface area contributed by atoms with Gasteiger partial charge in [-0.15, -0.1) is 0 Å². The predicted molar refractivity (Wildman–Crippen MR) is 117 cm³/mol. The first-order chi connectivity index (χ1) is 14.8. The largest absolute Gasteiger partial charge is 0.495 e. The van der Waals surface area contributed by atoms with E-state index in [2.05, 4.69) is 0 Å². The van der Waals surface area contributed by atoms with E-state index in [1.165, 1.54) is 22.4 Å². The van der Waals surface area contributed by atoms with E-state index in [4.69, 9.17) is 30.5 Å². The number of sulfonamides is 1. The highest BCUT2D eigenvalue weighted by Gasteiger charge is 2.33. The molecular weight excluding hydrogens is 444 g/mol. The molecule has 8 nitrogen and oxygen atoms in total. The number of nitrogens with one attached hydrogen (secondary N) is 1. The number of methoxy groups -OCH3 is 4. The van der Waals surface area contributed by atoms with E-state index in [1.807, 2.05) is 12.1 Å². The normalized spacial score (nSPS) is 15.5. The Bertz CT molecular complexity index is 1020. The predicted octanol–water partition coefficient (Wildman–Crippen LogP) is 1.46. The molecule has 0 aliphatic carbocycles. The van der Waals surface area contributed by atoms with Gasteiger partial charge in [0.15, 0.2) is 11.5 Å². The summed E-state index contributed by atoms with van der Waals surface area (Å²) in [7, 11) is 2.49. The minimum Gasteiger partial charge on any atom is -0.495 e. The third-order valence-electron chi connectivity index (χ3n) is 5.40. The van der Waals surface area contributed by atoms with Crippen molar-refractivity contribution in [2.75, 3.05) is 54.6 Å². The van der Waals surface area contributed by atoms with Crippen LogP contribution in [0.3, 0.4) is 0 Å². The van der Waals surface area contributed by atoms with E-state index in [0.717, 1.165) is 5.56 Å². The fraction of sp³-hybridized carbons (Fsp3) is 0.429. The molecule has 1 N–H and O–H groups in total. The van der Waals surface area contributed by atoms with E-state index in [-0.39, 0.29) is 10.6 Å². The zero-order valence-electron chi connectivity index (χ0n) is 18.1. The topological polar surface area (TPSA) is 78.7 Å². The molecule has 0 aromatic heterocycles. The number of hydrogen-bond acceptors (Lipinski definition) is 6. The summed E-state index contributed by atoms with van der Waals surface area (Å²) in [4.78, 5) is 1.34. The molecule has 1 saturated heterocycles. The van der Waals surface area contributed by atoms with Crippen molar-refractivity contribution in [2.45, 2.75) is 11.4 Å². The molecule has 0 spiro atoms. The molecule has 31 heavy (non-hydrogen) atoms. The van der Waals surface area contributed by atoms with Crippen LogP contribution in [0.15, 0.2) is 35.2 Å². The van der Waals surface area contributed by atoms with Crippen LogP contribution in [-0.4, -0.2) is 67.3 Å². The van der Waals surface area contributed by atoms with Crippen LogP contribution in [0, 0.1) is 0 Å². The van der Waals surface area contributed by atoms with Gasteiger partial charge < -0.3 is 23.8 Å². The number of nitrogens with zero attached hydrogens (tertiary/aromatic N) is 1. The minimum absolute atomic E-state index is 0.0903. The maximum atomic E-state index is 13.2. The molecule has 0 saturated carbocycles. The molecule has 10 heteroatoms. The zero-order valence-corrected chi connectivity index (χ0v) is 19.7. The molecule has 0 atom stereocenters. The molecule has 170 valence electrons. The fourth-order valence-electron chi connectivity index (χ4n) is 3.78. The number of halogens is 1. The SMILES string of the molecule is COc1ccc(Cl)cc1S(=O)(=O)N1CC[NH+](Cc2ccc(OC)c(OC)c2OC)CC1. The third-order valence-corrected chi connectivity index (χ3v) is 7.55. The van der Waals surface area contributed by atoms with Gasteiger partial charge >= 0.3 is 0 Å². The first-order valence-electron chi connectivity index (χ1n) is 9.80. The van der Waals surface area contributed by atoms with Crippen molar-refractivity contribution >= 4 is 21.6 Å². The number of hydrogen-bond donors (Lipinski definition) is 1. The zero-order chi connectivity index (χ0) is 22.6. The van der Waals surface area contributed by atoms with Gasteiger partial charge in [-0.3, -0.25) is 0 Å². The summed E-state index contributed by atoms with van der Waals surface area (Å²) in [5, 5.41) is 0.351. The van der Waals surface area contributed by atoms with Crippen molar-refractivity contribution in [1.29, 1.82) is 0 Å². The van der Waals surface area contributed by atoms with Crippen LogP contribution in [0.25, 0.3) is 0 Å². The quantitative estimate of drug-likeness (QED) is 0.628. The number of rotatable bonds is 8. The van der Waals surface area contributed by atoms with Crippen LogP contribution in [0.4, 0.5) is 0 Å². The highest BCUT2D eigenvalue weighted by Crippen LogP contribution is 2.39. The minimum atomic E-state index is -3.71. The smallest absolute Gasteiger partial charge is 0.247 e. The lowest BCUT2D eigenvalue weighted by Crippen LogP contribution is -3.13. The summed E-state index contributed by atoms with van der Waals surface area (Å²) in [5.74, 6) is 2.07. The average molecular weight is 472 g/mol. The summed E-state index contributed by atoms with van der Waals surface area (Å²) < 4.78 is 49.4. The summed E-state index contributed by atoms with van der Waals surface area (Å²) in [6.07, 6.45) is 0. The summed E-state index contributed by atoms with van der Waals surface area (Å²) >= 11 is 6.03. The van der Waals surface area contributed by atoms with Crippen molar-refractivity contribution in [1.82, 2.24) is 4.31 Å². The molecule has 1 aliphatic rings. The lowest BCUT2D eigenvalue weighted by molar-refractivity contribution is -0.917. The van der Waals surface area contributed by atoms with Gasteiger partial charge in [0.2, 0.25) is 15.8 Å². The van der Waals surface area contributed by atoms with Crippen LogP contribution in [0.1, 0.15) is 5.56 Å². The van der Waals surface area contributed by atoms with E-state index < -0.39 is 10.0 Å². The number of ether oxygens (including phenoxy) is 4. The molecule has 0 amide bonds. The Kier molecular flexibility index (Phi) is 7.53. The molecule has 3 rings (SSSR count). The molecule has 0 radical (unpaired) electrons. The first kappa shape index (κ1) is 23.5.